The van der Waals surface area contributed by atoms with Crippen molar-refractivity contribution in [1.29, 1.82) is 0 Å². The average Bonchev–Trinajstić information content (AvgIpc) is 2.62. The molecule has 0 spiro atoms. The van der Waals surface area contributed by atoms with Crippen LogP contribution in [0.5, 0.6) is 11.5 Å². The molecular weight excluding hydrogens is 358 g/mol. The summed E-state index contributed by atoms with van der Waals surface area (Å²) in [4.78, 5) is 0.161. The number of nitrogens with one attached hydrogen (secondary N) is 1. The van der Waals surface area contributed by atoms with Gasteiger partial charge in [-0.05, 0) is 30.2 Å². The van der Waals surface area contributed by atoms with Gasteiger partial charge in [-0.2, -0.15) is 11.8 Å². The summed E-state index contributed by atoms with van der Waals surface area (Å²) in [6.07, 6.45) is 0. The summed E-state index contributed by atoms with van der Waals surface area (Å²) in [5, 5.41) is 0. The van der Waals surface area contributed by atoms with E-state index in [1.165, 1.54) is 37.5 Å². The second kappa shape index (κ2) is 9.12. The van der Waals surface area contributed by atoms with E-state index in [1.807, 2.05) is 12.1 Å². The van der Waals surface area contributed by atoms with Gasteiger partial charge in [-0.15, -0.1) is 0 Å². The number of sulfonamides is 1. The van der Waals surface area contributed by atoms with E-state index in [9.17, 15) is 8.42 Å². The summed E-state index contributed by atoms with van der Waals surface area (Å²) in [6, 6.07) is 12.8. The Morgan fingerprint density at radius 3 is 2.44 bits per heavy atom. The molecule has 0 heterocycles. The molecule has 0 aromatic heterocycles. The summed E-state index contributed by atoms with van der Waals surface area (Å²) < 4.78 is 37.6. The Morgan fingerprint density at radius 1 is 1.04 bits per heavy atom. The van der Waals surface area contributed by atoms with Gasteiger partial charge < -0.3 is 9.47 Å². The van der Waals surface area contributed by atoms with Gasteiger partial charge in [0.25, 0.3) is 0 Å². The van der Waals surface area contributed by atoms with Crippen molar-refractivity contribution in [3.63, 3.8) is 0 Å². The van der Waals surface area contributed by atoms with Crippen LogP contribution in [-0.2, 0) is 15.8 Å². The van der Waals surface area contributed by atoms with E-state index in [0.717, 1.165) is 5.75 Å². The topological polar surface area (TPSA) is 64.6 Å². The number of rotatable bonds is 9. The molecule has 5 nitrogen and oxygen atoms in total. The Labute approximate surface area is 153 Å². The maximum atomic E-state index is 12.4. The zero-order valence-electron chi connectivity index (χ0n) is 14.6. The lowest BCUT2D eigenvalue weighted by atomic mass is 10.1. The highest BCUT2D eigenvalue weighted by Gasteiger charge is 2.16. The zero-order valence-corrected chi connectivity index (χ0v) is 16.2. The molecule has 7 heteroatoms. The first-order valence-corrected chi connectivity index (χ1v) is 10.5. The van der Waals surface area contributed by atoms with Crippen molar-refractivity contribution in [1.82, 2.24) is 4.72 Å². The molecule has 0 radical (unpaired) electrons. The first kappa shape index (κ1) is 19.6. The maximum Gasteiger partial charge on any atom is 0.240 e. The van der Waals surface area contributed by atoms with Crippen LogP contribution < -0.4 is 14.2 Å². The van der Waals surface area contributed by atoms with Gasteiger partial charge in [0.2, 0.25) is 10.0 Å². The van der Waals surface area contributed by atoms with Gasteiger partial charge >= 0.3 is 0 Å². The normalized spacial score (nSPS) is 11.3. The Bertz CT molecular complexity index is 806. The van der Waals surface area contributed by atoms with Gasteiger partial charge in [0, 0.05) is 24.1 Å². The highest BCUT2D eigenvalue weighted by Crippen LogP contribution is 2.29. The Kier molecular flexibility index (Phi) is 7.16. The van der Waals surface area contributed by atoms with Gasteiger partial charge in [0.1, 0.15) is 0 Å². The van der Waals surface area contributed by atoms with Crippen molar-refractivity contribution in [2.24, 2.45) is 0 Å². The lowest BCUT2D eigenvalue weighted by Gasteiger charge is -2.11. The van der Waals surface area contributed by atoms with Crippen LogP contribution in [0, 0.1) is 6.92 Å². The number of aryl methyl sites for hydroxylation is 1. The van der Waals surface area contributed by atoms with E-state index in [4.69, 9.17) is 9.47 Å². The third-order valence-electron chi connectivity index (χ3n) is 3.72. The van der Waals surface area contributed by atoms with Crippen molar-refractivity contribution in [2.45, 2.75) is 17.6 Å². The third kappa shape index (κ3) is 5.39. The van der Waals surface area contributed by atoms with Gasteiger partial charge in [0.05, 0.1) is 19.1 Å². The SMILES string of the molecule is COc1ccc(S(=O)(=O)NCCSCc2ccccc2C)cc1OC. The van der Waals surface area contributed by atoms with Crippen LogP contribution in [0.15, 0.2) is 47.4 Å². The second-order valence-corrected chi connectivity index (χ2v) is 8.27. The minimum absolute atomic E-state index is 0.161. The summed E-state index contributed by atoms with van der Waals surface area (Å²) in [6.45, 7) is 2.45. The van der Waals surface area contributed by atoms with E-state index >= 15 is 0 Å². The lowest BCUT2D eigenvalue weighted by molar-refractivity contribution is 0.354. The second-order valence-electron chi connectivity index (χ2n) is 5.39. The molecule has 0 saturated carbocycles. The van der Waals surface area contributed by atoms with E-state index < -0.39 is 10.0 Å². The summed E-state index contributed by atoms with van der Waals surface area (Å²) in [5.41, 5.74) is 2.52. The fourth-order valence-electron chi connectivity index (χ4n) is 2.27. The lowest BCUT2D eigenvalue weighted by Crippen LogP contribution is -2.26. The smallest absolute Gasteiger partial charge is 0.240 e. The van der Waals surface area contributed by atoms with Gasteiger partial charge in [0.15, 0.2) is 11.5 Å². The third-order valence-corrected chi connectivity index (χ3v) is 6.19. The first-order valence-electron chi connectivity index (χ1n) is 7.82. The van der Waals surface area contributed by atoms with Crippen LogP contribution in [0.4, 0.5) is 0 Å². The highest BCUT2D eigenvalue weighted by molar-refractivity contribution is 7.98. The zero-order chi connectivity index (χ0) is 18.3. The predicted molar refractivity (Wildman–Crippen MR) is 102 cm³/mol. The molecule has 0 saturated heterocycles. The fraction of sp³-hybridized carbons (Fsp3) is 0.333. The van der Waals surface area contributed by atoms with Crippen molar-refractivity contribution < 1.29 is 17.9 Å². The molecule has 0 unspecified atom stereocenters. The summed E-state index contributed by atoms with van der Waals surface area (Å²) in [5.74, 6) is 2.44. The standard InChI is InChI=1S/C18H23NO4S2/c1-14-6-4-5-7-15(14)13-24-11-10-19-25(20,21)16-8-9-17(22-2)18(12-16)23-3/h4-9,12,19H,10-11,13H2,1-3H3. The molecule has 2 aromatic rings. The molecule has 2 aromatic carbocycles. The minimum Gasteiger partial charge on any atom is -0.493 e. The van der Waals surface area contributed by atoms with E-state index in [1.54, 1.807) is 17.8 Å². The number of benzene rings is 2. The highest BCUT2D eigenvalue weighted by atomic mass is 32.2. The molecule has 0 aliphatic heterocycles. The van der Waals surface area contributed by atoms with E-state index in [-0.39, 0.29) is 4.90 Å². The Hall–Kier alpha value is -1.70. The Morgan fingerprint density at radius 2 is 1.76 bits per heavy atom. The predicted octanol–water partition coefficient (Wildman–Crippen LogP) is 3.22. The average molecular weight is 382 g/mol. The van der Waals surface area contributed by atoms with E-state index in [0.29, 0.717) is 23.8 Å². The maximum absolute atomic E-state index is 12.4. The quantitative estimate of drug-likeness (QED) is 0.676. The van der Waals surface area contributed by atoms with Crippen LogP contribution >= 0.6 is 11.8 Å². The van der Waals surface area contributed by atoms with Crippen LogP contribution in [0.1, 0.15) is 11.1 Å². The van der Waals surface area contributed by atoms with Gasteiger partial charge in [-0.25, -0.2) is 13.1 Å². The largest absolute Gasteiger partial charge is 0.493 e. The number of hydrogen-bond acceptors (Lipinski definition) is 5. The van der Waals surface area contributed by atoms with Crippen molar-refractivity contribution in [3.8, 4) is 11.5 Å². The Balaban J connectivity index is 1.88. The molecule has 0 aliphatic carbocycles. The van der Waals surface area contributed by atoms with Gasteiger partial charge in [-0.3, -0.25) is 0 Å². The van der Waals surface area contributed by atoms with Crippen LogP contribution in [0.25, 0.3) is 0 Å². The molecule has 136 valence electrons. The van der Waals surface area contributed by atoms with Crippen molar-refractivity contribution in [2.75, 3.05) is 26.5 Å². The molecule has 0 aliphatic rings. The van der Waals surface area contributed by atoms with Crippen LogP contribution in [-0.4, -0.2) is 34.9 Å². The number of thioether (sulfide) groups is 1. The van der Waals surface area contributed by atoms with E-state index in [2.05, 4.69) is 23.8 Å². The monoisotopic (exact) mass is 381 g/mol. The summed E-state index contributed by atoms with van der Waals surface area (Å²) >= 11 is 1.70. The van der Waals surface area contributed by atoms with Crippen molar-refractivity contribution >= 4 is 21.8 Å². The molecule has 2 rings (SSSR count). The number of hydrogen-bond donors (Lipinski definition) is 1. The van der Waals surface area contributed by atoms with Gasteiger partial charge in [-0.1, -0.05) is 24.3 Å². The molecule has 0 atom stereocenters. The molecule has 1 N–H and O–H groups in total. The molecule has 25 heavy (non-hydrogen) atoms. The molecule has 0 bridgehead atoms. The first-order chi connectivity index (χ1) is 12.0. The van der Waals surface area contributed by atoms with Crippen molar-refractivity contribution in [3.05, 3.63) is 53.6 Å². The molecular formula is C18H23NO4S2. The van der Waals surface area contributed by atoms with Crippen LogP contribution in [0.2, 0.25) is 0 Å². The minimum atomic E-state index is -3.57. The fourth-order valence-corrected chi connectivity index (χ4v) is 4.38. The molecule has 0 fully saturated rings. The summed E-state index contributed by atoms with van der Waals surface area (Å²) in [7, 11) is -0.584. The van der Waals surface area contributed by atoms with Crippen LogP contribution in [0.3, 0.4) is 0 Å². The number of ether oxygens (including phenoxy) is 2. The molecule has 0 amide bonds. The number of methoxy groups -OCH3 is 2.